The Bertz CT molecular complexity index is 319. The lowest BCUT2D eigenvalue weighted by molar-refractivity contribution is 0.342. The van der Waals surface area contributed by atoms with E-state index < -0.39 is 0 Å². The van der Waals surface area contributed by atoms with Gasteiger partial charge < -0.3 is 15.2 Å². The summed E-state index contributed by atoms with van der Waals surface area (Å²) < 4.78 is 5.15. The fourth-order valence-electron chi connectivity index (χ4n) is 1.61. The Balaban J connectivity index is 1.88. The fraction of sp³-hybridized carbons (Fsp3) is 0.800. The number of hydrogen-bond donors (Lipinski definition) is 1. The van der Waals surface area contributed by atoms with Crippen LogP contribution in [0, 0.1) is 5.92 Å². The van der Waals surface area contributed by atoms with Gasteiger partial charge in [0.2, 0.25) is 5.89 Å². The summed E-state index contributed by atoms with van der Waals surface area (Å²) in [5, 5.41) is 3.91. The Kier molecular flexibility index (Phi) is 3.02. The van der Waals surface area contributed by atoms with Crippen molar-refractivity contribution in [3.8, 4) is 0 Å². The maximum Gasteiger partial charge on any atom is 0.228 e. The predicted octanol–water partition coefficient (Wildman–Crippen LogP) is 0.411. The first-order chi connectivity index (χ1) is 7.15. The van der Waals surface area contributed by atoms with Crippen LogP contribution in [0.5, 0.6) is 0 Å². The van der Waals surface area contributed by atoms with Crippen molar-refractivity contribution in [2.24, 2.45) is 11.7 Å². The van der Waals surface area contributed by atoms with Crippen LogP contribution < -0.4 is 5.73 Å². The maximum atomic E-state index is 5.98. The monoisotopic (exact) mass is 210 g/mol. The number of nitrogens with two attached hydrogens (primary N) is 1. The van der Waals surface area contributed by atoms with E-state index in [0.717, 1.165) is 5.82 Å². The van der Waals surface area contributed by atoms with Crippen LogP contribution in [0.2, 0.25) is 0 Å². The van der Waals surface area contributed by atoms with Gasteiger partial charge in [-0.05, 0) is 32.9 Å². The second-order valence-corrected chi connectivity index (χ2v) is 4.55. The minimum Gasteiger partial charge on any atom is -0.339 e. The van der Waals surface area contributed by atoms with E-state index in [4.69, 9.17) is 10.3 Å². The Morgan fingerprint density at radius 2 is 2.27 bits per heavy atom. The van der Waals surface area contributed by atoms with Crippen molar-refractivity contribution in [3.63, 3.8) is 0 Å². The van der Waals surface area contributed by atoms with Gasteiger partial charge in [-0.15, -0.1) is 0 Å². The van der Waals surface area contributed by atoms with Crippen LogP contribution in [-0.2, 0) is 13.0 Å². The normalized spacial score (nSPS) is 18.4. The molecule has 1 aliphatic rings. The van der Waals surface area contributed by atoms with Gasteiger partial charge >= 0.3 is 0 Å². The molecule has 0 saturated heterocycles. The second-order valence-electron chi connectivity index (χ2n) is 4.55. The Labute approximate surface area is 89.6 Å². The zero-order valence-corrected chi connectivity index (χ0v) is 9.31. The number of rotatable bonds is 5. The average Bonchev–Trinajstić information content (AvgIpc) is 2.90. The van der Waals surface area contributed by atoms with E-state index in [1.54, 1.807) is 0 Å². The molecule has 1 heterocycles. The van der Waals surface area contributed by atoms with Crippen LogP contribution in [0.15, 0.2) is 4.52 Å². The lowest BCUT2D eigenvalue weighted by Gasteiger charge is -2.05. The van der Waals surface area contributed by atoms with E-state index in [0.29, 0.717) is 24.8 Å². The predicted molar refractivity (Wildman–Crippen MR) is 56.1 cm³/mol. The highest BCUT2D eigenvalue weighted by molar-refractivity contribution is 4.93. The summed E-state index contributed by atoms with van der Waals surface area (Å²) in [4.78, 5) is 6.31. The van der Waals surface area contributed by atoms with E-state index in [1.807, 2.05) is 19.0 Å². The third-order valence-corrected chi connectivity index (χ3v) is 2.61. The third kappa shape index (κ3) is 3.00. The highest BCUT2D eigenvalue weighted by atomic mass is 16.5. The van der Waals surface area contributed by atoms with Gasteiger partial charge in [0.1, 0.15) is 0 Å². The summed E-state index contributed by atoms with van der Waals surface area (Å²) in [6, 6.07) is 0.192. The molecule has 0 amide bonds. The molecule has 1 aromatic rings. The molecule has 1 saturated carbocycles. The summed E-state index contributed by atoms with van der Waals surface area (Å²) in [6.45, 7) is 0.710. The van der Waals surface area contributed by atoms with Crippen LogP contribution >= 0.6 is 0 Å². The Morgan fingerprint density at radius 1 is 1.53 bits per heavy atom. The largest absolute Gasteiger partial charge is 0.339 e. The average molecular weight is 210 g/mol. The minimum atomic E-state index is 0.192. The molecule has 0 aliphatic heterocycles. The first kappa shape index (κ1) is 10.6. The van der Waals surface area contributed by atoms with Crippen molar-refractivity contribution in [1.29, 1.82) is 0 Å². The molecular formula is C10H18N4O. The fourth-order valence-corrected chi connectivity index (χ4v) is 1.61. The molecule has 5 nitrogen and oxygen atoms in total. The van der Waals surface area contributed by atoms with E-state index in [-0.39, 0.29) is 6.04 Å². The molecule has 0 spiro atoms. The van der Waals surface area contributed by atoms with E-state index in [2.05, 4.69) is 10.1 Å². The lowest BCUT2D eigenvalue weighted by Crippen LogP contribution is -2.25. The molecule has 1 unspecified atom stereocenters. The van der Waals surface area contributed by atoms with E-state index in [9.17, 15) is 0 Å². The van der Waals surface area contributed by atoms with Crippen molar-refractivity contribution < 1.29 is 4.52 Å². The van der Waals surface area contributed by atoms with Gasteiger partial charge in [0, 0.05) is 12.5 Å². The molecule has 1 fully saturated rings. The van der Waals surface area contributed by atoms with Crippen LogP contribution in [-0.4, -0.2) is 35.2 Å². The van der Waals surface area contributed by atoms with Crippen LogP contribution in [0.4, 0.5) is 0 Å². The van der Waals surface area contributed by atoms with Gasteiger partial charge in [0.25, 0.3) is 0 Å². The van der Waals surface area contributed by atoms with Crippen molar-refractivity contribution in [2.75, 3.05) is 14.1 Å². The highest BCUT2D eigenvalue weighted by Gasteiger charge is 2.29. The summed E-state index contributed by atoms with van der Waals surface area (Å²) in [7, 11) is 3.96. The molecule has 1 aliphatic carbocycles. The first-order valence-corrected chi connectivity index (χ1v) is 5.37. The van der Waals surface area contributed by atoms with E-state index >= 15 is 0 Å². The zero-order valence-electron chi connectivity index (χ0n) is 9.31. The van der Waals surface area contributed by atoms with Crippen LogP contribution in [0.25, 0.3) is 0 Å². The quantitative estimate of drug-likeness (QED) is 0.762. The van der Waals surface area contributed by atoms with Gasteiger partial charge in [-0.2, -0.15) is 4.98 Å². The molecule has 1 atom stereocenters. The Hall–Kier alpha value is -0.940. The molecule has 2 N–H and O–H groups in total. The molecule has 0 bridgehead atoms. The van der Waals surface area contributed by atoms with Crippen molar-refractivity contribution >= 4 is 0 Å². The molecule has 0 radical (unpaired) electrons. The zero-order chi connectivity index (χ0) is 10.8. The maximum absolute atomic E-state index is 5.98. The molecule has 15 heavy (non-hydrogen) atoms. The van der Waals surface area contributed by atoms with Crippen LogP contribution in [0.1, 0.15) is 24.6 Å². The second kappa shape index (κ2) is 4.28. The molecular weight excluding hydrogens is 192 g/mol. The van der Waals surface area contributed by atoms with Crippen molar-refractivity contribution in [3.05, 3.63) is 11.7 Å². The third-order valence-electron chi connectivity index (χ3n) is 2.61. The summed E-state index contributed by atoms with van der Waals surface area (Å²) >= 11 is 0. The van der Waals surface area contributed by atoms with Crippen LogP contribution in [0.3, 0.4) is 0 Å². The van der Waals surface area contributed by atoms with Crippen molar-refractivity contribution in [2.45, 2.75) is 31.8 Å². The van der Waals surface area contributed by atoms with Gasteiger partial charge in [0.15, 0.2) is 5.82 Å². The standard InChI is InChI=1S/C10H18N4O/c1-14(2)6-9-12-10(15-13-9)5-8(11)7-3-4-7/h7-8H,3-6,11H2,1-2H3. The van der Waals surface area contributed by atoms with Gasteiger partial charge in [-0.3, -0.25) is 0 Å². The topological polar surface area (TPSA) is 68.2 Å². The molecule has 84 valence electrons. The molecule has 5 heteroatoms. The number of hydrogen-bond acceptors (Lipinski definition) is 5. The summed E-state index contributed by atoms with van der Waals surface area (Å²) in [5.74, 6) is 2.08. The molecule has 2 rings (SSSR count). The number of aromatic nitrogens is 2. The minimum absolute atomic E-state index is 0.192. The van der Waals surface area contributed by atoms with Gasteiger partial charge in [0.05, 0.1) is 6.54 Å². The molecule has 0 aromatic carbocycles. The lowest BCUT2D eigenvalue weighted by atomic mass is 10.1. The Morgan fingerprint density at radius 3 is 2.87 bits per heavy atom. The highest BCUT2D eigenvalue weighted by Crippen LogP contribution is 2.32. The summed E-state index contributed by atoms with van der Waals surface area (Å²) in [5.41, 5.74) is 5.98. The summed E-state index contributed by atoms with van der Waals surface area (Å²) in [6.07, 6.45) is 3.21. The first-order valence-electron chi connectivity index (χ1n) is 5.37. The van der Waals surface area contributed by atoms with Gasteiger partial charge in [-0.1, -0.05) is 5.16 Å². The number of nitrogens with zero attached hydrogens (tertiary/aromatic N) is 3. The van der Waals surface area contributed by atoms with Gasteiger partial charge in [-0.25, -0.2) is 0 Å². The SMILES string of the molecule is CN(C)Cc1noc(CC(N)C2CC2)n1. The van der Waals surface area contributed by atoms with Crippen molar-refractivity contribution in [1.82, 2.24) is 15.0 Å². The molecule has 1 aromatic heterocycles. The van der Waals surface area contributed by atoms with E-state index in [1.165, 1.54) is 12.8 Å². The smallest absolute Gasteiger partial charge is 0.228 e.